The molecule has 2 aromatic carbocycles. The average Bonchev–Trinajstić information content (AvgIpc) is 2.47. The molecule has 0 heterocycles. The number of hydrogen-bond acceptors (Lipinski definition) is 3. The first-order valence-corrected chi connectivity index (χ1v) is 7.34. The van der Waals surface area contributed by atoms with Gasteiger partial charge in [0.05, 0.1) is 6.42 Å². The molecular formula is C18H18FNO4. The maximum Gasteiger partial charge on any atom is 0.378 e. The number of carbonyl (C=O) groups excluding carboxylic acids is 1. The van der Waals surface area contributed by atoms with Gasteiger partial charge in [-0.3, -0.25) is 4.79 Å². The Morgan fingerprint density at radius 2 is 1.71 bits per heavy atom. The lowest BCUT2D eigenvalue weighted by atomic mass is 10.1. The van der Waals surface area contributed by atoms with Crippen LogP contribution in [-0.4, -0.2) is 23.3 Å². The number of anilines is 1. The number of ether oxygens (including phenoxy) is 1. The standard InChI is InChI=1S/C18H18FNO4/c1-11-7-12(2)9-14(8-11)20-16(21)10-13-3-5-15(6-4-13)24-17(19)18(22)23/h3-9,17H,10H2,1-2H3,(H,20,21)(H,22,23)/t17-/m1/s1. The van der Waals surface area contributed by atoms with Gasteiger partial charge in [0.2, 0.25) is 5.91 Å². The Kier molecular flexibility index (Phi) is 5.52. The van der Waals surface area contributed by atoms with E-state index in [-0.39, 0.29) is 18.1 Å². The van der Waals surface area contributed by atoms with Crippen LogP contribution in [0.25, 0.3) is 0 Å². The van der Waals surface area contributed by atoms with Crippen molar-refractivity contribution < 1.29 is 23.8 Å². The second kappa shape index (κ2) is 7.59. The van der Waals surface area contributed by atoms with Crippen molar-refractivity contribution in [3.05, 3.63) is 59.2 Å². The Bertz CT molecular complexity index is 723. The van der Waals surface area contributed by atoms with Gasteiger partial charge in [-0.1, -0.05) is 18.2 Å². The van der Waals surface area contributed by atoms with Gasteiger partial charge in [-0.15, -0.1) is 0 Å². The molecule has 0 bridgehead atoms. The number of hydrogen-bond donors (Lipinski definition) is 2. The number of amides is 1. The molecule has 0 aromatic heterocycles. The van der Waals surface area contributed by atoms with Gasteiger partial charge >= 0.3 is 12.3 Å². The van der Waals surface area contributed by atoms with E-state index in [1.165, 1.54) is 12.1 Å². The quantitative estimate of drug-likeness (QED) is 0.852. The van der Waals surface area contributed by atoms with E-state index in [9.17, 15) is 14.0 Å². The maximum absolute atomic E-state index is 12.9. The summed E-state index contributed by atoms with van der Waals surface area (Å²) in [7, 11) is 0. The van der Waals surface area contributed by atoms with E-state index in [4.69, 9.17) is 5.11 Å². The van der Waals surface area contributed by atoms with Gasteiger partial charge in [0.1, 0.15) is 5.75 Å². The molecule has 126 valence electrons. The zero-order valence-corrected chi connectivity index (χ0v) is 13.4. The fourth-order valence-corrected chi connectivity index (χ4v) is 2.29. The number of benzene rings is 2. The molecule has 0 aliphatic rings. The molecule has 24 heavy (non-hydrogen) atoms. The van der Waals surface area contributed by atoms with Crippen molar-refractivity contribution in [1.82, 2.24) is 0 Å². The SMILES string of the molecule is Cc1cc(C)cc(NC(=O)Cc2ccc(O[C@@H](F)C(=O)O)cc2)c1. The Balaban J connectivity index is 1.95. The first-order valence-electron chi connectivity index (χ1n) is 7.34. The van der Waals surface area contributed by atoms with Crippen LogP contribution in [-0.2, 0) is 16.0 Å². The molecule has 0 spiro atoms. The number of carboxylic acid groups (broad SMARTS) is 1. The maximum atomic E-state index is 12.9. The van der Waals surface area contributed by atoms with Crippen molar-refractivity contribution in [2.45, 2.75) is 26.6 Å². The van der Waals surface area contributed by atoms with Gasteiger partial charge in [0, 0.05) is 5.69 Å². The highest BCUT2D eigenvalue weighted by Gasteiger charge is 2.17. The van der Waals surface area contributed by atoms with Crippen molar-refractivity contribution in [1.29, 1.82) is 0 Å². The van der Waals surface area contributed by atoms with E-state index >= 15 is 0 Å². The Hall–Kier alpha value is -2.89. The third kappa shape index (κ3) is 5.08. The molecule has 0 unspecified atom stereocenters. The van der Waals surface area contributed by atoms with Gasteiger partial charge in [-0.2, -0.15) is 4.39 Å². The van der Waals surface area contributed by atoms with Crippen LogP contribution in [0.1, 0.15) is 16.7 Å². The van der Waals surface area contributed by atoms with Crippen molar-refractivity contribution in [2.75, 3.05) is 5.32 Å². The largest absolute Gasteiger partial charge is 0.476 e. The summed E-state index contributed by atoms with van der Waals surface area (Å²) >= 11 is 0. The van der Waals surface area contributed by atoms with Crippen molar-refractivity contribution in [3.63, 3.8) is 0 Å². The molecule has 6 heteroatoms. The van der Waals surface area contributed by atoms with Gasteiger partial charge in [-0.05, 0) is 54.8 Å². The normalized spacial score (nSPS) is 11.6. The zero-order chi connectivity index (χ0) is 17.7. The predicted molar refractivity (Wildman–Crippen MR) is 87.9 cm³/mol. The van der Waals surface area contributed by atoms with Crippen molar-refractivity contribution in [2.24, 2.45) is 0 Å². The van der Waals surface area contributed by atoms with Crippen molar-refractivity contribution in [3.8, 4) is 5.75 Å². The molecule has 2 N–H and O–H groups in total. The van der Waals surface area contributed by atoms with Crippen LogP contribution < -0.4 is 10.1 Å². The summed E-state index contributed by atoms with van der Waals surface area (Å²) in [6.45, 7) is 3.91. The molecular weight excluding hydrogens is 313 g/mol. The Morgan fingerprint density at radius 1 is 1.12 bits per heavy atom. The monoisotopic (exact) mass is 331 g/mol. The fraction of sp³-hybridized carbons (Fsp3) is 0.222. The topological polar surface area (TPSA) is 75.6 Å². The average molecular weight is 331 g/mol. The number of rotatable bonds is 6. The number of carbonyl (C=O) groups is 2. The molecule has 0 saturated heterocycles. The Morgan fingerprint density at radius 3 is 2.25 bits per heavy atom. The molecule has 0 fully saturated rings. The van der Waals surface area contributed by atoms with E-state index < -0.39 is 12.3 Å². The molecule has 0 aliphatic heterocycles. The van der Waals surface area contributed by atoms with E-state index in [1.54, 1.807) is 12.1 Å². The lowest BCUT2D eigenvalue weighted by Gasteiger charge is -2.09. The minimum absolute atomic E-state index is 0.0865. The molecule has 5 nitrogen and oxygen atoms in total. The summed E-state index contributed by atoms with van der Waals surface area (Å²) in [5.74, 6) is -1.78. The van der Waals surface area contributed by atoms with E-state index in [0.29, 0.717) is 5.56 Å². The fourth-order valence-electron chi connectivity index (χ4n) is 2.29. The van der Waals surface area contributed by atoms with Crippen LogP contribution in [0.5, 0.6) is 5.75 Å². The predicted octanol–water partition coefficient (Wildman–Crippen LogP) is 3.24. The molecule has 2 rings (SSSR count). The third-order valence-corrected chi connectivity index (χ3v) is 3.23. The first kappa shape index (κ1) is 17.5. The van der Waals surface area contributed by atoms with E-state index in [1.807, 2.05) is 32.0 Å². The first-order chi connectivity index (χ1) is 11.3. The molecule has 0 radical (unpaired) electrons. The van der Waals surface area contributed by atoms with Crippen LogP contribution in [0.3, 0.4) is 0 Å². The van der Waals surface area contributed by atoms with Gasteiger partial charge in [0.15, 0.2) is 0 Å². The number of aryl methyl sites for hydroxylation is 2. The highest BCUT2D eigenvalue weighted by Crippen LogP contribution is 2.17. The second-order valence-corrected chi connectivity index (χ2v) is 5.52. The minimum atomic E-state index is -2.41. The van der Waals surface area contributed by atoms with Crippen LogP contribution in [0.15, 0.2) is 42.5 Å². The number of nitrogens with one attached hydrogen (secondary N) is 1. The minimum Gasteiger partial charge on any atom is -0.476 e. The molecule has 0 aliphatic carbocycles. The number of halogens is 1. The molecule has 0 saturated carbocycles. The van der Waals surface area contributed by atoms with E-state index in [0.717, 1.165) is 16.8 Å². The number of carboxylic acids is 1. The van der Waals surface area contributed by atoms with Crippen LogP contribution in [0, 0.1) is 13.8 Å². The zero-order valence-electron chi connectivity index (χ0n) is 13.4. The van der Waals surface area contributed by atoms with Gasteiger partial charge in [-0.25, -0.2) is 4.79 Å². The lowest BCUT2D eigenvalue weighted by molar-refractivity contribution is -0.153. The third-order valence-electron chi connectivity index (χ3n) is 3.23. The summed E-state index contributed by atoms with van der Waals surface area (Å²) < 4.78 is 17.5. The summed E-state index contributed by atoms with van der Waals surface area (Å²) in [5.41, 5.74) is 3.56. The molecule has 1 atom stereocenters. The Labute approximate surface area is 139 Å². The smallest absolute Gasteiger partial charge is 0.378 e. The summed E-state index contributed by atoms with van der Waals surface area (Å²) in [6.07, 6.45) is -2.27. The lowest BCUT2D eigenvalue weighted by Crippen LogP contribution is -2.21. The highest BCUT2D eigenvalue weighted by atomic mass is 19.1. The van der Waals surface area contributed by atoms with Crippen molar-refractivity contribution >= 4 is 17.6 Å². The second-order valence-electron chi connectivity index (χ2n) is 5.52. The van der Waals surface area contributed by atoms with Gasteiger partial charge in [0.25, 0.3) is 0 Å². The number of alkyl halides is 1. The van der Waals surface area contributed by atoms with Crippen LogP contribution >= 0.6 is 0 Å². The summed E-state index contributed by atoms with van der Waals surface area (Å²) in [6, 6.07) is 11.8. The summed E-state index contributed by atoms with van der Waals surface area (Å²) in [5, 5.41) is 11.3. The number of aliphatic carboxylic acids is 1. The van der Waals surface area contributed by atoms with Crippen LogP contribution in [0.4, 0.5) is 10.1 Å². The van der Waals surface area contributed by atoms with E-state index in [2.05, 4.69) is 10.1 Å². The summed E-state index contributed by atoms with van der Waals surface area (Å²) in [4.78, 5) is 22.5. The highest BCUT2D eigenvalue weighted by molar-refractivity contribution is 5.92. The molecule has 1 amide bonds. The van der Waals surface area contributed by atoms with Crippen LogP contribution in [0.2, 0.25) is 0 Å². The van der Waals surface area contributed by atoms with Gasteiger partial charge < -0.3 is 15.2 Å². The molecule has 2 aromatic rings.